The van der Waals surface area contributed by atoms with E-state index in [0.29, 0.717) is 22.3 Å². The molecule has 126 valence electrons. The van der Waals surface area contributed by atoms with Crippen LogP contribution in [0.3, 0.4) is 0 Å². The topological polar surface area (TPSA) is 74.7 Å². The fourth-order valence-electron chi connectivity index (χ4n) is 2.35. The number of aromatic nitrogens is 1. The van der Waals surface area contributed by atoms with Crippen LogP contribution in [0.2, 0.25) is 0 Å². The maximum atomic E-state index is 11.9. The molecule has 2 aromatic carbocycles. The van der Waals surface area contributed by atoms with Crippen molar-refractivity contribution in [3.05, 3.63) is 60.4 Å². The van der Waals surface area contributed by atoms with Crippen LogP contribution in [0.4, 0.5) is 0 Å². The van der Waals surface area contributed by atoms with Gasteiger partial charge in [0.25, 0.3) is 0 Å². The number of methoxy groups -OCH3 is 1. The second-order valence-corrected chi connectivity index (χ2v) is 5.19. The zero-order valence-corrected chi connectivity index (χ0v) is 13.7. The second-order valence-electron chi connectivity index (χ2n) is 5.19. The number of esters is 2. The van der Waals surface area contributed by atoms with E-state index in [2.05, 4.69) is 4.98 Å². The molecule has 6 nitrogen and oxygen atoms in total. The smallest absolute Gasteiger partial charge is 0.360 e. The quantitative estimate of drug-likeness (QED) is 0.675. The van der Waals surface area contributed by atoms with Crippen LogP contribution >= 0.6 is 0 Å². The molecule has 0 saturated heterocycles. The molecular formula is C19H15NO5. The predicted molar refractivity (Wildman–Crippen MR) is 90.9 cm³/mol. The molecule has 0 fully saturated rings. The summed E-state index contributed by atoms with van der Waals surface area (Å²) in [5.74, 6) is 0.135. The van der Waals surface area contributed by atoms with Gasteiger partial charge in [0.15, 0.2) is 11.4 Å². The molecule has 0 bridgehead atoms. The number of pyridine rings is 1. The number of para-hydroxylation sites is 1. The number of benzene rings is 2. The maximum Gasteiger partial charge on any atom is 0.360 e. The van der Waals surface area contributed by atoms with Crippen molar-refractivity contribution in [3.63, 3.8) is 0 Å². The fraction of sp³-hybridized carbons (Fsp3) is 0.105. The molecule has 0 spiro atoms. The Labute approximate surface area is 144 Å². The van der Waals surface area contributed by atoms with Crippen molar-refractivity contribution in [1.82, 2.24) is 4.98 Å². The standard InChI is InChI=1S/C19H15NO5/c1-12(21)24-18-16-9-8-15(25-14-6-4-3-5-7-14)10-13(16)11-20-17(18)19(22)23-2/h3-11H,1-2H3. The van der Waals surface area contributed by atoms with Gasteiger partial charge >= 0.3 is 11.9 Å². The molecule has 0 radical (unpaired) electrons. The van der Waals surface area contributed by atoms with Gasteiger partial charge in [-0.1, -0.05) is 18.2 Å². The SMILES string of the molecule is COC(=O)c1ncc2cc(Oc3ccccc3)ccc2c1OC(C)=O. The van der Waals surface area contributed by atoms with Gasteiger partial charge < -0.3 is 14.2 Å². The molecule has 1 aromatic heterocycles. The molecule has 1 heterocycles. The molecular weight excluding hydrogens is 322 g/mol. The Balaban J connectivity index is 2.06. The summed E-state index contributed by atoms with van der Waals surface area (Å²) in [4.78, 5) is 27.3. The summed E-state index contributed by atoms with van der Waals surface area (Å²) >= 11 is 0. The number of carbonyl (C=O) groups is 2. The first-order valence-corrected chi connectivity index (χ1v) is 7.51. The van der Waals surface area contributed by atoms with Crippen LogP contribution in [0.25, 0.3) is 10.8 Å². The lowest BCUT2D eigenvalue weighted by atomic mass is 10.1. The molecule has 0 atom stereocenters. The predicted octanol–water partition coefficient (Wildman–Crippen LogP) is 3.74. The van der Waals surface area contributed by atoms with Crippen molar-refractivity contribution in [3.8, 4) is 17.2 Å². The van der Waals surface area contributed by atoms with Gasteiger partial charge in [-0.2, -0.15) is 0 Å². The molecule has 3 aromatic rings. The first-order chi connectivity index (χ1) is 12.1. The molecule has 25 heavy (non-hydrogen) atoms. The molecule has 6 heteroatoms. The Morgan fingerprint density at radius 3 is 2.44 bits per heavy atom. The number of nitrogens with zero attached hydrogens (tertiary/aromatic N) is 1. The average Bonchev–Trinajstić information content (AvgIpc) is 2.61. The van der Waals surface area contributed by atoms with Crippen LogP contribution in [-0.2, 0) is 9.53 Å². The third kappa shape index (κ3) is 3.58. The third-order valence-electron chi connectivity index (χ3n) is 3.42. The zero-order valence-electron chi connectivity index (χ0n) is 13.7. The lowest BCUT2D eigenvalue weighted by Gasteiger charge is -2.11. The molecule has 3 rings (SSSR count). The zero-order chi connectivity index (χ0) is 17.8. The summed E-state index contributed by atoms with van der Waals surface area (Å²) in [5.41, 5.74) is -0.0538. The number of carbonyl (C=O) groups excluding carboxylic acids is 2. The number of rotatable bonds is 4. The Morgan fingerprint density at radius 1 is 1.00 bits per heavy atom. The van der Waals surface area contributed by atoms with Gasteiger partial charge in [-0.05, 0) is 30.3 Å². The van der Waals surface area contributed by atoms with Crippen LogP contribution in [0, 0.1) is 0 Å². The monoisotopic (exact) mass is 337 g/mol. The third-order valence-corrected chi connectivity index (χ3v) is 3.42. The number of hydrogen-bond acceptors (Lipinski definition) is 6. The first-order valence-electron chi connectivity index (χ1n) is 7.51. The van der Waals surface area contributed by atoms with Crippen molar-refractivity contribution in [2.24, 2.45) is 0 Å². The summed E-state index contributed by atoms with van der Waals surface area (Å²) < 4.78 is 15.7. The van der Waals surface area contributed by atoms with E-state index in [-0.39, 0.29) is 11.4 Å². The van der Waals surface area contributed by atoms with Crippen molar-refractivity contribution >= 4 is 22.7 Å². The highest BCUT2D eigenvalue weighted by Gasteiger charge is 2.20. The van der Waals surface area contributed by atoms with Crippen molar-refractivity contribution in [2.75, 3.05) is 7.11 Å². The summed E-state index contributed by atoms with van der Waals surface area (Å²) in [6, 6.07) is 14.5. The maximum absolute atomic E-state index is 11.9. The molecule has 0 amide bonds. The highest BCUT2D eigenvalue weighted by molar-refractivity contribution is 6.00. The molecule has 0 aliphatic heterocycles. The second kappa shape index (κ2) is 7.00. The number of hydrogen-bond donors (Lipinski definition) is 0. The van der Waals surface area contributed by atoms with E-state index < -0.39 is 11.9 Å². The summed E-state index contributed by atoms with van der Waals surface area (Å²) in [6.07, 6.45) is 1.51. The average molecular weight is 337 g/mol. The van der Waals surface area contributed by atoms with E-state index in [4.69, 9.17) is 14.2 Å². The molecule has 0 aliphatic rings. The highest BCUT2D eigenvalue weighted by atomic mass is 16.5. The molecule has 0 N–H and O–H groups in total. The Hall–Kier alpha value is -3.41. The van der Waals surface area contributed by atoms with Crippen molar-refractivity contribution in [2.45, 2.75) is 6.92 Å². The van der Waals surface area contributed by atoms with Crippen LogP contribution in [0.1, 0.15) is 17.4 Å². The van der Waals surface area contributed by atoms with Crippen LogP contribution in [-0.4, -0.2) is 24.0 Å². The fourth-order valence-corrected chi connectivity index (χ4v) is 2.35. The van der Waals surface area contributed by atoms with Gasteiger partial charge in [-0.25, -0.2) is 9.78 Å². The van der Waals surface area contributed by atoms with E-state index in [1.807, 2.05) is 30.3 Å². The van der Waals surface area contributed by atoms with Crippen LogP contribution in [0.5, 0.6) is 17.2 Å². The van der Waals surface area contributed by atoms with Gasteiger partial charge in [0.1, 0.15) is 11.5 Å². The summed E-state index contributed by atoms with van der Waals surface area (Å²) in [7, 11) is 1.24. The lowest BCUT2D eigenvalue weighted by Crippen LogP contribution is -2.11. The molecule has 0 saturated carbocycles. The summed E-state index contributed by atoms with van der Waals surface area (Å²) in [5, 5.41) is 1.23. The Bertz CT molecular complexity index is 937. The first kappa shape index (κ1) is 16.4. The van der Waals surface area contributed by atoms with Gasteiger partial charge in [0, 0.05) is 23.9 Å². The molecule has 0 unspecified atom stereocenters. The number of ether oxygens (including phenoxy) is 3. The van der Waals surface area contributed by atoms with Gasteiger partial charge in [0.2, 0.25) is 0 Å². The van der Waals surface area contributed by atoms with E-state index in [1.54, 1.807) is 18.2 Å². The van der Waals surface area contributed by atoms with E-state index in [0.717, 1.165) is 0 Å². The minimum absolute atomic E-state index is 0.0538. The lowest BCUT2D eigenvalue weighted by molar-refractivity contribution is -0.131. The Kier molecular flexibility index (Phi) is 4.61. The van der Waals surface area contributed by atoms with Crippen molar-refractivity contribution < 1.29 is 23.8 Å². The van der Waals surface area contributed by atoms with Crippen LogP contribution in [0.15, 0.2) is 54.7 Å². The van der Waals surface area contributed by atoms with Gasteiger partial charge in [-0.15, -0.1) is 0 Å². The van der Waals surface area contributed by atoms with Gasteiger partial charge in [0.05, 0.1) is 7.11 Å². The normalized spacial score (nSPS) is 10.3. The van der Waals surface area contributed by atoms with Gasteiger partial charge in [-0.3, -0.25) is 4.79 Å². The summed E-state index contributed by atoms with van der Waals surface area (Å²) in [6.45, 7) is 1.26. The highest BCUT2D eigenvalue weighted by Crippen LogP contribution is 2.32. The minimum atomic E-state index is -0.678. The van der Waals surface area contributed by atoms with E-state index in [9.17, 15) is 9.59 Å². The number of fused-ring (bicyclic) bond motifs is 1. The Morgan fingerprint density at radius 2 is 1.76 bits per heavy atom. The van der Waals surface area contributed by atoms with E-state index >= 15 is 0 Å². The molecule has 0 aliphatic carbocycles. The van der Waals surface area contributed by atoms with Crippen LogP contribution < -0.4 is 9.47 Å². The largest absolute Gasteiger partial charge is 0.464 e. The van der Waals surface area contributed by atoms with Crippen molar-refractivity contribution in [1.29, 1.82) is 0 Å². The minimum Gasteiger partial charge on any atom is -0.464 e. The van der Waals surface area contributed by atoms with E-state index in [1.165, 1.54) is 20.2 Å².